The van der Waals surface area contributed by atoms with Gasteiger partial charge < -0.3 is 9.87 Å². The van der Waals surface area contributed by atoms with E-state index in [4.69, 9.17) is 0 Å². The number of hydrogen-bond donors (Lipinski definition) is 1. The van der Waals surface area contributed by atoms with Gasteiger partial charge in [-0.3, -0.25) is 24.4 Å². The third-order valence-corrected chi connectivity index (χ3v) is 3.37. The second-order valence-electron chi connectivity index (χ2n) is 4.10. The lowest BCUT2D eigenvalue weighted by Gasteiger charge is -2.09. The van der Waals surface area contributed by atoms with Crippen LogP contribution in [0.1, 0.15) is 0 Å². The highest BCUT2D eigenvalue weighted by atomic mass is 32.2. The molecule has 0 aliphatic heterocycles. The van der Waals surface area contributed by atoms with Crippen molar-refractivity contribution >= 4 is 33.8 Å². The molecule has 2 aromatic rings. The molecule has 114 valence electrons. The molecule has 0 fully saturated rings. The van der Waals surface area contributed by atoms with E-state index < -0.39 is 32.3 Å². The minimum Gasteiger partial charge on any atom is -0.768 e. The monoisotopic (exact) mass is 322 g/mol. The maximum atomic E-state index is 11.0. The van der Waals surface area contributed by atoms with E-state index in [1.165, 1.54) is 30.3 Å². The topological polar surface area (TPSA) is 138 Å². The molecule has 0 radical (unpaired) electrons. The fraction of sp³-hybridized carbons (Fsp3) is 0. The number of nitrogens with one attached hydrogen (secondary N) is 1. The van der Waals surface area contributed by atoms with E-state index in [2.05, 4.69) is 5.32 Å². The Hall–Kier alpha value is -2.85. The fourth-order valence-corrected chi connectivity index (χ4v) is 2.05. The zero-order valence-corrected chi connectivity index (χ0v) is 11.6. The van der Waals surface area contributed by atoms with Gasteiger partial charge in [-0.05, 0) is 41.4 Å². The van der Waals surface area contributed by atoms with E-state index in [9.17, 15) is 29.0 Å². The summed E-state index contributed by atoms with van der Waals surface area (Å²) < 4.78 is 21.5. The molecule has 0 saturated heterocycles. The summed E-state index contributed by atoms with van der Waals surface area (Å²) in [5, 5.41) is 24.4. The Morgan fingerprint density at radius 3 is 2.09 bits per heavy atom. The minimum atomic E-state index is -2.36. The van der Waals surface area contributed by atoms with Crippen molar-refractivity contribution in [3.8, 4) is 0 Å². The van der Waals surface area contributed by atoms with Gasteiger partial charge in [-0.15, -0.1) is 0 Å². The molecule has 0 amide bonds. The van der Waals surface area contributed by atoms with Crippen LogP contribution < -0.4 is 5.32 Å². The van der Waals surface area contributed by atoms with Crippen LogP contribution in [0.5, 0.6) is 0 Å². The predicted molar refractivity (Wildman–Crippen MR) is 76.7 cm³/mol. The summed E-state index contributed by atoms with van der Waals surface area (Å²) in [5.41, 5.74) is -0.377. The molecule has 0 spiro atoms. The Morgan fingerprint density at radius 1 is 0.955 bits per heavy atom. The normalized spacial score (nSPS) is 11.7. The van der Waals surface area contributed by atoms with Crippen LogP contribution in [0.25, 0.3) is 0 Å². The SMILES string of the molecule is O=[N+]([O-])c1ccc(Nc2ccc(S(=O)[O-])cc2)c([N+](=O)[O-])c1. The van der Waals surface area contributed by atoms with Crippen molar-refractivity contribution in [1.82, 2.24) is 0 Å². The van der Waals surface area contributed by atoms with Crippen LogP contribution in [0, 0.1) is 20.2 Å². The molecule has 0 aromatic heterocycles. The highest BCUT2D eigenvalue weighted by Crippen LogP contribution is 2.31. The van der Waals surface area contributed by atoms with Gasteiger partial charge in [0.05, 0.1) is 15.9 Å². The zero-order chi connectivity index (χ0) is 16.3. The van der Waals surface area contributed by atoms with Gasteiger partial charge in [0, 0.05) is 16.6 Å². The molecule has 1 N–H and O–H groups in total. The summed E-state index contributed by atoms with van der Waals surface area (Å²) in [5.74, 6) is 0. The molecular formula is C12H8N3O6S-. The number of nitrogens with zero attached hydrogens (tertiary/aromatic N) is 2. The number of non-ortho nitro benzene ring substituents is 1. The average molecular weight is 322 g/mol. The predicted octanol–water partition coefficient (Wildman–Crippen LogP) is 2.48. The summed E-state index contributed by atoms with van der Waals surface area (Å²) in [6, 6.07) is 8.70. The largest absolute Gasteiger partial charge is 0.768 e. The minimum absolute atomic E-state index is 0.0617. The number of benzene rings is 2. The lowest BCUT2D eigenvalue weighted by Crippen LogP contribution is -1.99. The zero-order valence-electron chi connectivity index (χ0n) is 10.8. The molecule has 22 heavy (non-hydrogen) atoms. The average Bonchev–Trinajstić information content (AvgIpc) is 2.47. The molecule has 9 nitrogen and oxygen atoms in total. The number of nitro groups is 2. The van der Waals surface area contributed by atoms with Crippen molar-refractivity contribution in [2.45, 2.75) is 4.90 Å². The van der Waals surface area contributed by atoms with E-state index in [-0.39, 0.29) is 10.6 Å². The molecule has 1 unspecified atom stereocenters. The number of rotatable bonds is 5. The molecule has 0 bridgehead atoms. The summed E-state index contributed by atoms with van der Waals surface area (Å²) in [7, 11) is 0. The Kier molecular flexibility index (Phi) is 4.44. The van der Waals surface area contributed by atoms with Crippen molar-refractivity contribution in [1.29, 1.82) is 0 Å². The second-order valence-corrected chi connectivity index (χ2v) is 5.04. The molecule has 2 rings (SSSR count). The summed E-state index contributed by atoms with van der Waals surface area (Å²) in [6.45, 7) is 0. The van der Waals surface area contributed by atoms with Crippen LogP contribution in [0.2, 0.25) is 0 Å². The Labute approximate surface area is 126 Å². The van der Waals surface area contributed by atoms with Crippen molar-refractivity contribution in [3.63, 3.8) is 0 Å². The van der Waals surface area contributed by atoms with Crippen molar-refractivity contribution < 1.29 is 18.6 Å². The van der Waals surface area contributed by atoms with Crippen LogP contribution >= 0.6 is 0 Å². The molecule has 0 saturated carbocycles. The first-order chi connectivity index (χ1) is 10.4. The molecule has 0 aliphatic rings. The first kappa shape index (κ1) is 15.5. The van der Waals surface area contributed by atoms with E-state index in [0.29, 0.717) is 5.69 Å². The number of anilines is 2. The molecule has 10 heteroatoms. The third-order valence-electron chi connectivity index (χ3n) is 2.71. The van der Waals surface area contributed by atoms with Gasteiger partial charge in [0.1, 0.15) is 5.69 Å². The highest BCUT2D eigenvalue weighted by Gasteiger charge is 2.19. The van der Waals surface area contributed by atoms with E-state index >= 15 is 0 Å². The van der Waals surface area contributed by atoms with Crippen LogP contribution in [-0.4, -0.2) is 18.6 Å². The lowest BCUT2D eigenvalue weighted by atomic mass is 10.2. The lowest BCUT2D eigenvalue weighted by molar-refractivity contribution is -0.393. The van der Waals surface area contributed by atoms with Crippen molar-refractivity contribution in [2.24, 2.45) is 0 Å². The van der Waals surface area contributed by atoms with Crippen LogP contribution in [0.15, 0.2) is 47.4 Å². The van der Waals surface area contributed by atoms with Gasteiger partial charge in [-0.2, -0.15) is 0 Å². The second kappa shape index (κ2) is 6.28. The first-order valence-corrected chi connectivity index (χ1v) is 6.85. The summed E-state index contributed by atoms with van der Waals surface area (Å²) >= 11 is -2.36. The smallest absolute Gasteiger partial charge is 0.299 e. The maximum absolute atomic E-state index is 11.0. The molecule has 1 atom stereocenters. The van der Waals surface area contributed by atoms with Crippen LogP contribution in [0.3, 0.4) is 0 Å². The van der Waals surface area contributed by atoms with Crippen molar-refractivity contribution in [2.75, 3.05) is 5.32 Å². The number of nitro benzene ring substituents is 2. The van der Waals surface area contributed by atoms with Gasteiger partial charge in [0.25, 0.3) is 11.4 Å². The maximum Gasteiger partial charge on any atom is 0.299 e. The standard InChI is InChI=1S/C12H9N3O6S/c16-14(17)9-3-6-11(12(7-9)15(18)19)13-8-1-4-10(5-2-8)22(20)21/h1-7,13H,(H,20,21)/p-1. The molecular weight excluding hydrogens is 314 g/mol. The Bertz CT molecular complexity index is 762. The Balaban J connectivity index is 2.34. The van der Waals surface area contributed by atoms with Crippen molar-refractivity contribution in [3.05, 3.63) is 62.7 Å². The first-order valence-electron chi connectivity index (χ1n) is 5.77. The molecule has 0 aliphatic carbocycles. The number of hydrogen-bond acceptors (Lipinski definition) is 7. The molecule has 0 heterocycles. The van der Waals surface area contributed by atoms with Crippen LogP contribution in [0.4, 0.5) is 22.7 Å². The van der Waals surface area contributed by atoms with Crippen LogP contribution in [-0.2, 0) is 11.1 Å². The third kappa shape index (κ3) is 3.42. The van der Waals surface area contributed by atoms with E-state index in [1.807, 2.05) is 0 Å². The fourth-order valence-electron chi connectivity index (χ4n) is 1.70. The summed E-state index contributed by atoms with van der Waals surface area (Å²) in [6.07, 6.45) is 0. The van der Waals surface area contributed by atoms with Gasteiger partial charge in [-0.25, -0.2) is 0 Å². The van der Waals surface area contributed by atoms with Gasteiger partial charge >= 0.3 is 0 Å². The summed E-state index contributed by atoms with van der Waals surface area (Å²) in [4.78, 5) is 20.2. The Morgan fingerprint density at radius 2 is 1.59 bits per heavy atom. The van der Waals surface area contributed by atoms with Gasteiger partial charge in [-0.1, -0.05) is 0 Å². The van der Waals surface area contributed by atoms with E-state index in [0.717, 1.165) is 12.1 Å². The van der Waals surface area contributed by atoms with Gasteiger partial charge in [0.15, 0.2) is 0 Å². The quantitative estimate of drug-likeness (QED) is 0.506. The van der Waals surface area contributed by atoms with E-state index in [1.54, 1.807) is 0 Å². The molecule has 2 aromatic carbocycles. The highest BCUT2D eigenvalue weighted by molar-refractivity contribution is 7.79. The van der Waals surface area contributed by atoms with Gasteiger partial charge in [0.2, 0.25) is 0 Å².